The summed E-state index contributed by atoms with van der Waals surface area (Å²) in [5.74, 6) is 3.88. The molecule has 1 aromatic heterocycles. The van der Waals surface area contributed by atoms with E-state index in [4.69, 9.17) is 4.42 Å². The lowest BCUT2D eigenvalue weighted by atomic mass is 9.69. The highest BCUT2D eigenvalue weighted by Gasteiger charge is 2.32. The van der Waals surface area contributed by atoms with E-state index in [0.29, 0.717) is 29.6 Å². The molecule has 2 aromatic rings. The smallest absolute Gasteiger partial charge is 0.217 e. The van der Waals surface area contributed by atoms with E-state index in [0.717, 1.165) is 25.4 Å². The summed E-state index contributed by atoms with van der Waals surface area (Å²) in [4.78, 5) is 2.46. The number of rotatable bonds is 7. The first-order valence-corrected chi connectivity index (χ1v) is 10.1. The fourth-order valence-corrected chi connectivity index (χ4v) is 4.44. The van der Waals surface area contributed by atoms with Gasteiger partial charge in [0.25, 0.3) is 0 Å². The minimum absolute atomic E-state index is 0.507. The quantitative estimate of drug-likeness (QED) is 0.652. The topological polar surface area (TPSA) is 42.2 Å². The summed E-state index contributed by atoms with van der Waals surface area (Å²) in [6.07, 6.45) is 4.58. The van der Waals surface area contributed by atoms with Crippen LogP contribution in [0.3, 0.4) is 0 Å². The molecule has 0 spiro atoms. The molecule has 0 saturated carbocycles. The van der Waals surface area contributed by atoms with Gasteiger partial charge >= 0.3 is 0 Å². The molecule has 0 fully saturated rings. The lowest BCUT2D eigenvalue weighted by Gasteiger charge is -2.38. The number of allylic oxidation sites excluding steroid dienone is 1. The van der Waals surface area contributed by atoms with Crippen LogP contribution in [-0.4, -0.2) is 28.7 Å². The van der Waals surface area contributed by atoms with Crippen molar-refractivity contribution in [2.45, 2.75) is 47.1 Å². The van der Waals surface area contributed by atoms with E-state index in [1.54, 1.807) is 0 Å². The number of nitrogens with zero attached hydrogens (tertiary/aromatic N) is 3. The molecule has 1 aliphatic rings. The monoisotopic (exact) mass is 367 g/mol. The first kappa shape index (κ1) is 19.8. The van der Waals surface area contributed by atoms with Gasteiger partial charge in [-0.2, -0.15) is 0 Å². The highest BCUT2D eigenvalue weighted by molar-refractivity contribution is 5.16. The highest BCUT2D eigenvalue weighted by Crippen LogP contribution is 2.39. The maximum atomic E-state index is 5.63. The molecule has 3 atom stereocenters. The third-order valence-corrected chi connectivity index (χ3v) is 5.89. The number of hydrogen-bond acceptors (Lipinski definition) is 4. The van der Waals surface area contributed by atoms with Gasteiger partial charge in [-0.25, -0.2) is 0 Å². The third kappa shape index (κ3) is 5.29. The molecular weight excluding hydrogens is 334 g/mol. The van der Waals surface area contributed by atoms with Gasteiger partial charge in [0.2, 0.25) is 11.8 Å². The maximum absolute atomic E-state index is 5.63. The molecule has 27 heavy (non-hydrogen) atoms. The second-order valence-corrected chi connectivity index (χ2v) is 8.52. The maximum Gasteiger partial charge on any atom is 0.217 e. The summed E-state index contributed by atoms with van der Waals surface area (Å²) in [5.41, 5.74) is 2.85. The van der Waals surface area contributed by atoms with Crippen molar-refractivity contribution in [2.24, 2.45) is 23.7 Å². The lowest BCUT2D eigenvalue weighted by Crippen LogP contribution is -2.35. The Hall–Kier alpha value is -1.94. The van der Waals surface area contributed by atoms with Crippen LogP contribution in [-0.2, 0) is 13.0 Å². The Balaban J connectivity index is 1.68. The van der Waals surface area contributed by atoms with E-state index in [1.165, 1.54) is 17.6 Å². The van der Waals surface area contributed by atoms with Crippen LogP contribution in [0.5, 0.6) is 0 Å². The van der Waals surface area contributed by atoms with Crippen LogP contribution in [0.1, 0.15) is 44.5 Å². The van der Waals surface area contributed by atoms with Crippen molar-refractivity contribution in [3.05, 3.63) is 59.3 Å². The summed E-state index contributed by atoms with van der Waals surface area (Å²) in [7, 11) is 2.24. The third-order valence-electron chi connectivity index (χ3n) is 5.89. The van der Waals surface area contributed by atoms with Crippen LogP contribution < -0.4 is 0 Å². The molecule has 0 radical (unpaired) electrons. The van der Waals surface area contributed by atoms with Crippen molar-refractivity contribution < 1.29 is 4.42 Å². The lowest BCUT2D eigenvalue weighted by molar-refractivity contribution is 0.172. The van der Waals surface area contributed by atoms with Crippen molar-refractivity contribution >= 4 is 0 Å². The van der Waals surface area contributed by atoms with Gasteiger partial charge in [0.05, 0.1) is 0 Å². The SMILES string of the molecule is CC1=C[C@@H](CN(C)Cc2ccccc2)[C@H](C(C)C)C[C@H]1Cc1nnc(C)o1. The summed E-state index contributed by atoms with van der Waals surface area (Å²) in [5, 5.41) is 8.19. The van der Waals surface area contributed by atoms with Crippen molar-refractivity contribution in [1.82, 2.24) is 15.1 Å². The summed E-state index contributed by atoms with van der Waals surface area (Å²) < 4.78 is 5.63. The fourth-order valence-electron chi connectivity index (χ4n) is 4.44. The molecule has 3 rings (SSSR count). The Morgan fingerprint density at radius 3 is 2.52 bits per heavy atom. The van der Waals surface area contributed by atoms with E-state index < -0.39 is 0 Å². The molecule has 1 aromatic carbocycles. The van der Waals surface area contributed by atoms with Gasteiger partial charge < -0.3 is 9.32 Å². The van der Waals surface area contributed by atoms with Crippen molar-refractivity contribution in [1.29, 1.82) is 0 Å². The molecule has 0 bridgehead atoms. The molecule has 0 saturated heterocycles. The zero-order valence-electron chi connectivity index (χ0n) is 17.4. The summed E-state index contributed by atoms with van der Waals surface area (Å²) in [6, 6.07) is 10.7. The van der Waals surface area contributed by atoms with Gasteiger partial charge in [0.1, 0.15) is 0 Å². The van der Waals surface area contributed by atoms with E-state index >= 15 is 0 Å². The predicted octanol–water partition coefficient (Wildman–Crippen LogP) is 4.91. The van der Waals surface area contributed by atoms with E-state index in [9.17, 15) is 0 Å². The standard InChI is InChI=1S/C23H33N3O/c1-16(2)22-12-20(13-23-25-24-18(4)27-23)17(3)11-21(22)15-26(5)14-19-9-7-6-8-10-19/h6-11,16,20-22H,12-15H2,1-5H3/t20-,21-,22-/m0/s1. The van der Waals surface area contributed by atoms with Gasteiger partial charge in [-0.15, -0.1) is 10.2 Å². The fraction of sp³-hybridized carbons (Fsp3) is 0.565. The largest absolute Gasteiger partial charge is 0.426 e. The summed E-state index contributed by atoms with van der Waals surface area (Å²) >= 11 is 0. The van der Waals surface area contributed by atoms with Crippen molar-refractivity contribution in [2.75, 3.05) is 13.6 Å². The van der Waals surface area contributed by atoms with Crippen LogP contribution >= 0.6 is 0 Å². The minimum atomic E-state index is 0.507. The Morgan fingerprint density at radius 2 is 1.89 bits per heavy atom. The zero-order valence-corrected chi connectivity index (χ0v) is 17.4. The second-order valence-electron chi connectivity index (χ2n) is 8.52. The first-order chi connectivity index (χ1) is 12.9. The molecule has 1 aliphatic carbocycles. The molecule has 0 amide bonds. The molecule has 146 valence electrons. The van der Waals surface area contributed by atoms with Gasteiger partial charge in [0.15, 0.2) is 0 Å². The van der Waals surface area contributed by atoms with E-state index in [-0.39, 0.29) is 0 Å². The Labute approximate surface area is 163 Å². The van der Waals surface area contributed by atoms with Crippen molar-refractivity contribution in [3.8, 4) is 0 Å². The Bertz CT molecular complexity index is 750. The predicted molar refractivity (Wildman–Crippen MR) is 109 cm³/mol. The molecule has 4 heteroatoms. The molecule has 4 nitrogen and oxygen atoms in total. The van der Waals surface area contributed by atoms with Gasteiger partial charge in [0, 0.05) is 26.4 Å². The normalized spacial score (nSPS) is 23.1. The Kier molecular flexibility index (Phi) is 6.48. The highest BCUT2D eigenvalue weighted by atomic mass is 16.4. The number of aryl methyl sites for hydroxylation is 1. The average Bonchev–Trinajstić information content (AvgIpc) is 3.02. The van der Waals surface area contributed by atoms with Gasteiger partial charge in [-0.05, 0) is 49.6 Å². The molecular formula is C23H33N3O. The molecule has 0 aliphatic heterocycles. The molecule has 1 heterocycles. The van der Waals surface area contributed by atoms with Crippen molar-refractivity contribution in [3.63, 3.8) is 0 Å². The number of benzene rings is 1. The Morgan fingerprint density at radius 1 is 1.15 bits per heavy atom. The van der Waals surface area contributed by atoms with Crippen LogP contribution in [0, 0.1) is 30.6 Å². The van der Waals surface area contributed by atoms with Crippen LogP contribution in [0.4, 0.5) is 0 Å². The minimum Gasteiger partial charge on any atom is -0.426 e. The second kappa shape index (κ2) is 8.83. The van der Waals surface area contributed by atoms with Crippen LogP contribution in [0.25, 0.3) is 0 Å². The van der Waals surface area contributed by atoms with Crippen LogP contribution in [0.15, 0.2) is 46.4 Å². The zero-order chi connectivity index (χ0) is 19.4. The number of hydrogen-bond donors (Lipinski definition) is 0. The summed E-state index contributed by atoms with van der Waals surface area (Å²) in [6.45, 7) is 10.9. The molecule has 0 unspecified atom stereocenters. The van der Waals surface area contributed by atoms with Gasteiger partial charge in [-0.3, -0.25) is 0 Å². The van der Waals surface area contributed by atoms with Crippen LogP contribution in [0.2, 0.25) is 0 Å². The van der Waals surface area contributed by atoms with E-state index in [1.807, 2.05) is 6.92 Å². The first-order valence-electron chi connectivity index (χ1n) is 10.1. The number of aromatic nitrogens is 2. The van der Waals surface area contributed by atoms with Gasteiger partial charge in [-0.1, -0.05) is 55.8 Å². The molecule has 0 N–H and O–H groups in total. The van der Waals surface area contributed by atoms with E-state index in [2.05, 4.69) is 79.3 Å². The average molecular weight is 368 g/mol.